The van der Waals surface area contributed by atoms with Gasteiger partial charge in [-0.1, -0.05) is 13.5 Å². The molecular weight excluding hydrogens is 208 g/mol. The van der Waals surface area contributed by atoms with Gasteiger partial charge < -0.3 is 10.2 Å². The first-order chi connectivity index (χ1) is 8.15. The second-order valence-corrected chi connectivity index (χ2v) is 5.12. The maximum atomic E-state index is 3.85. The van der Waals surface area contributed by atoms with Crippen molar-refractivity contribution in [2.45, 2.75) is 26.7 Å². The van der Waals surface area contributed by atoms with Crippen LogP contribution in [0.1, 0.15) is 26.7 Å². The minimum atomic E-state index is 0.885. The molecule has 0 spiro atoms. The average Bonchev–Trinajstić information content (AvgIpc) is 2.30. The minimum Gasteiger partial charge on any atom is -0.372 e. The fraction of sp³-hybridized carbons (Fsp3) is 0.467. The summed E-state index contributed by atoms with van der Waals surface area (Å²) in [5, 5.41) is 3.23. The van der Waals surface area contributed by atoms with Crippen molar-refractivity contribution in [3.63, 3.8) is 0 Å². The molecule has 0 atom stereocenters. The van der Waals surface area contributed by atoms with Crippen LogP contribution in [0.5, 0.6) is 0 Å². The van der Waals surface area contributed by atoms with E-state index in [4.69, 9.17) is 0 Å². The predicted molar refractivity (Wildman–Crippen MR) is 75.5 cm³/mol. The Balaban J connectivity index is 2.00. The van der Waals surface area contributed by atoms with E-state index in [1.54, 1.807) is 0 Å². The molecule has 0 aliphatic carbocycles. The van der Waals surface area contributed by atoms with Crippen LogP contribution in [0.2, 0.25) is 0 Å². The Morgan fingerprint density at radius 3 is 2.35 bits per heavy atom. The molecule has 0 unspecified atom stereocenters. The molecular formula is C15H22N2. The average molecular weight is 230 g/mol. The van der Waals surface area contributed by atoms with Crippen molar-refractivity contribution >= 4 is 11.4 Å². The zero-order chi connectivity index (χ0) is 12.3. The zero-order valence-corrected chi connectivity index (χ0v) is 10.9. The highest BCUT2D eigenvalue weighted by molar-refractivity contribution is 5.56. The lowest BCUT2D eigenvalue weighted by atomic mass is 9.99. The van der Waals surface area contributed by atoms with Crippen LogP contribution >= 0.6 is 0 Å². The van der Waals surface area contributed by atoms with Crippen LogP contribution < -0.4 is 10.2 Å². The first-order valence-electron chi connectivity index (χ1n) is 6.42. The molecule has 17 heavy (non-hydrogen) atoms. The maximum Gasteiger partial charge on any atom is 0.0383 e. The fourth-order valence-corrected chi connectivity index (χ4v) is 2.27. The van der Waals surface area contributed by atoms with Gasteiger partial charge in [-0.3, -0.25) is 0 Å². The summed E-state index contributed by atoms with van der Waals surface area (Å²) in [5.41, 5.74) is 3.43. The van der Waals surface area contributed by atoms with E-state index in [1.165, 1.54) is 31.6 Å². The van der Waals surface area contributed by atoms with E-state index in [1.807, 2.05) is 6.92 Å². The highest BCUT2D eigenvalue weighted by Crippen LogP contribution is 2.24. The normalized spacial score (nSPS) is 16.9. The molecule has 92 valence electrons. The molecule has 1 saturated heterocycles. The first-order valence-corrected chi connectivity index (χ1v) is 6.42. The largest absolute Gasteiger partial charge is 0.372 e. The maximum absolute atomic E-state index is 3.85. The smallest absolute Gasteiger partial charge is 0.0383 e. The van der Waals surface area contributed by atoms with Gasteiger partial charge in [0.25, 0.3) is 0 Å². The third-order valence-electron chi connectivity index (χ3n) is 3.37. The van der Waals surface area contributed by atoms with Gasteiger partial charge in [0.05, 0.1) is 0 Å². The van der Waals surface area contributed by atoms with Crippen molar-refractivity contribution in [1.29, 1.82) is 0 Å². The van der Waals surface area contributed by atoms with Gasteiger partial charge in [0.1, 0.15) is 0 Å². The Bertz CT molecular complexity index is 372. The summed E-state index contributed by atoms with van der Waals surface area (Å²) in [5.74, 6) is 0.885. The molecule has 1 aromatic rings. The minimum absolute atomic E-state index is 0.885. The van der Waals surface area contributed by atoms with Crippen LogP contribution in [0.25, 0.3) is 0 Å². The lowest BCUT2D eigenvalue weighted by Crippen LogP contribution is -2.32. The Labute approximate surface area is 104 Å². The molecule has 2 heteroatoms. The van der Waals surface area contributed by atoms with Gasteiger partial charge in [-0.05, 0) is 49.9 Å². The number of benzene rings is 1. The molecule has 1 aliphatic rings. The van der Waals surface area contributed by atoms with Crippen LogP contribution in [-0.2, 0) is 0 Å². The SMILES string of the molecule is C=C(C)Nc1ccc(N2CCC(C)CC2)cc1. The zero-order valence-electron chi connectivity index (χ0n) is 10.9. The third-order valence-corrected chi connectivity index (χ3v) is 3.37. The van der Waals surface area contributed by atoms with Gasteiger partial charge in [0.15, 0.2) is 0 Å². The van der Waals surface area contributed by atoms with Gasteiger partial charge in [0.2, 0.25) is 0 Å². The summed E-state index contributed by atoms with van der Waals surface area (Å²) in [6.07, 6.45) is 2.62. The van der Waals surface area contributed by atoms with E-state index in [-0.39, 0.29) is 0 Å². The van der Waals surface area contributed by atoms with Gasteiger partial charge >= 0.3 is 0 Å². The van der Waals surface area contributed by atoms with Crippen molar-refractivity contribution in [3.8, 4) is 0 Å². The summed E-state index contributed by atoms with van der Waals surface area (Å²) < 4.78 is 0. The summed E-state index contributed by atoms with van der Waals surface area (Å²) >= 11 is 0. The lowest BCUT2D eigenvalue weighted by molar-refractivity contribution is 0.438. The van der Waals surface area contributed by atoms with Crippen LogP contribution in [0.3, 0.4) is 0 Å². The van der Waals surface area contributed by atoms with E-state index in [0.717, 1.165) is 17.3 Å². The van der Waals surface area contributed by atoms with Gasteiger partial charge in [-0.25, -0.2) is 0 Å². The third kappa shape index (κ3) is 3.26. The molecule has 1 aliphatic heterocycles. The van der Waals surface area contributed by atoms with Crippen molar-refractivity contribution in [1.82, 2.24) is 0 Å². The quantitative estimate of drug-likeness (QED) is 0.848. The van der Waals surface area contributed by atoms with E-state index >= 15 is 0 Å². The standard InChI is InChI=1S/C15H22N2/c1-12(2)16-14-4-6-15(7-5-14)17-10-8-13(3)9-11-17/h4-7,13,16H,1,8-11H2,2-3H3. The number of piperidine rings is 1. The second kappa shape index (κ2) is 5.26. The van der Waals surface area contributed by atoms with Gasteiger partial charge in [0, 0.05) is 30.2 Å². The lowest BCUT2D eigenvalue weighted by Gasteiger charge is -2.32. The Morgan fingerprint density at radius 1 is 1.24 bits per heavy atom. The number of nitrogens with zero attached hydrogens (tertiary/aromatic N) is 1. The van der Waals surface area contributed by atoms with E-state index < -0.39 is 0 Å². The van der Waals surface area contributed by atoms with E-state index in [2.05, 4.69) is 48.0 Å². The van der Waals surface area contributed by atoms with Crippen LogP contribution in [0.15, 0.2) is 36.5 Å². The number of allylic oxidation sites excluding steroid dienone is 1. The predicted octanol–water partition coefficient (Wildman–Crippen LogP) is 3.87. The van der Waals surface area contributed by atoms with Crippen LogP contribution in [-0.4, -0.2) is 13.1 Å². The molecule has 0 saturated carbocycles. The topological polar surface area (TPSA) is 15.3 Å². The number of anilines is 2. The fourth-order valence-electron chi connectivity index (χ4n) is 2.27. The van der Waals surface area contributed by atoms with Crippen molar-refractivity contribution in [3.05, 3.63) is 36.5 Å². The monoisotopic (exact) mass is 230 g/mol. The molecule has 0 radical (unpaired) electrons. The number of nitrogens with one attached hydrogen (secondary N) is 1. The molecule has 0 bridgehead atoms. The molecule has 1 N–H and O–H groups in total. The molecule has 1 aromatic carbocycles. The van der Waals surface area contributed by atoms with E-state index in [0.29, 0.717) is 0 Å². The van der Waals surface area contributed by atoms with Crippen molar-refractivity contribution in [2.24, 2.45) is 5.92 Å². The molecule has 1 heterocycles. The molecule has 1 fully saturated rings. The summed E-state index contributed by atoms with van der Waals surface area (Å²) in [6, 6.07) is 8.65. The molecule has 2 rings (SSSR count). The van der Waals surface area contributed by atoms with E-state index in [9.17, 15) is 0 Å². The van der Waals surface area contributed by atoms with Gasteiger partial charge in [-0.15, -0.1) is 0 Å². The van der Waals surface area contributed by atoms with Gasteiger partial charge in [-0.2, -0.15) is 0 Å². The van der Waals surface area contributed by atoms with Crippen LogP contribution in [0, 0.1) is 5.92 Å². The van der Waals surface area contributed by atoms with Crippen molar-refractivity contribution < 1.29 is 0 Å². The molecule has 2 nitrogen and oxygen atoms in total. The first kappa shape index (κ1) is 12.0. The Hall–Kier alpha value is -1.44. The Kier molecular flexibility index (Phi) is 3.72. The summed E-state index contributed by atoms with van der Waals surface area (Å²) in [7, 11) is 0. The van der Waals surface area contributed by atoms with Crippen LogP contribution in [0.4, 0.5) is 11.4 Å². The highest BCUT2D eigenvalue weighted by Gasteiger charge is 2.15. The van der Waals surface area contributed by atoms with Crippen molar-refractivity contribution in [2.75, 3.05) is 23.3 Å². The molecule has 0 amide bonds. The molecule has 0 aromatic heterocycles. The number of hydrogen-bond acceptors (Lipinski definition) is 2. The highest BCUT2D eigenvalue weighted by atomic mass is 15.1. The Morgan fingerprint density at radius 2 is 1.82 bits per heavy atom. The summed E-state index contributed by atoms with van der Waals surface area (Å²) in [6.45, 7) is 10.5. The summed E-state index contributed by atoms with van der Waals surface area (Å²) in [4.78, 5) is 2.48. The number of rotatable bonds is 3. The number of hydrogen-bond donors (Lipinski definition) is 1. The second-order valence-electron chi connectivity index (χ2n) is 5.12.